The van der Waals surface area contributed by atoms with Crippen molar-refractivity contribution in [3.63, 3.8) is 0 Å². The van der Waals surface area contributed by atoms with Gasteiger partial charge in [0.05, 0.1) is 12.6 Å². The minimum atomic E-state index is -0.320. The zero-order valence-corrected chi connectivity index (χ0v) is 14.6. The molecule has 2 heterocycles. The molecule has 2 saturated heterocycles. The average molecular weight is 347 g/mol. The lowest BCUT2D eigenvalue weighted by Crippen LogP contribution is -2.53. The van der Waals surface area contributed by atoms with Crippen LogP contribution < -0.4 is 10.6 Å². The molecule has 2 N–H and O–H groups in total. The van der Waals surface area contributed by atoms with Crippen molar-refractivity contribution in [1.29, 1.82) is 0 Å². The Morgan fingerprint density at radius 2 is 2.16 bits per heavy atom. The number of amides is 2. The van der Waals surface area contributed by atoms with E-state index in [2.05, 4.69) is 10.6 Å². The standard InChI is InChI=1S/C19H26FN3O2/c1-23-12-15(6-8-19(23)25)14-5-7-17(21-11-14)22-18(24)10-13-3-2-4-16(20)9-13/h2-4,9,14-15,17,21H,5-8,10-12H2,1H3,(H,22,24). The summed E-state index contributed by atoms with van der Waals surface area (Å²) in [6.07, 6.45) is 3.70. The fourth-order valence-electron chi connectivity index (χ4n) is 3.91. The Morgan fingerprint density at radius 3 is 2.84 bits per heavy atom. The number of nitrogens with zero attached hydrogens (tertiary/aromatic N) is 1. The molecular weight excluding hydrogens is 321 g/mol. The van der Waals surface area contributed by atoms with Crippen molar-refractivity contribution in [2.45, 2.75) is 38.3 Å². The van der Waals surface area contributed by atoms with Gasteiger partial charge in [-0.15, -0.1) is 0 Å². The summed E-state index contributed by atoms with van der Waals surface area (Å²) in [6.45, 7) is 1.69. The molecule has 0 aromatic heterocycles. The summed E-state index contributed by atoms with van der Waals surface area (Å²) in [5, 5.41) is 6.40. The summed E-state index contributed by atoms with van der Waals surface area (Å²) >= 11 is 0. The first-order valence-electron chi connectivity index (χ1n) is 9.02. The van der Waals surface area contributed by atoms with Crippen molar-refractivity contribution < 1.29 is 14.0 Å². The van der Waals surface area contributed by atoms with Crippen molar-refractivity contribution >= 4 is 11.8 Å². The first-order valence-corrected chi connectivity index (χ1v) is 9.02. The Kier molecular flexibility index (Phi) is 5.68. The lowest BCUT2D eigenvalue weighted by atomic mass is 9.80. The number of hydrogen-bond donors (Lipinski definition) is 2. The molecule has 3 atom stereocenters. The molecular formula is C19H26FN3O2. The highest BCUT2D eigenvalue weighted by Crippen LogP contribution is 2.29. The third-order valence-corrected chi connectivity index (χ3v) is 5.37. The normalized spacial score (nSPS) is 27.2. The van der Waals surface area contributed by atoms with Gasteiger partial charge in [-0.1, -0.05) is 12.1 Å². The molecule has 0 radical (unpaired) electrons. The molecule has 2 aliphatic rings. The third kappa shape index (κ3) is 4.78. The van der Waals surface area contributed by atoms with Crippen LogP contribution in [0.2, 0.25) is 0 Å². The maximum atomic E-state index is 13.2. The zero-order valence-electron chi connectivity index (χ0n) is 14.6. The van der Waals surface area contributed by atoms with Crippen LogP contribution in [0, 0.1) is 17.7 Å². The lowest BCUT2D eigenvalue weighted by Gasteiger charge is -2.39. The Balaban J connectivity index is 1.43. The smallest absolute Gasteiger partial charge is 0.225 e. The number of benzene rings is 1. The number of carbonyl (C=O) groups is 2. The predicted octanol–water partition coefficient (Wildman–Crippen LogP) is 1.68. The molecule has 1 aromatic rings. The molecule has 3 unspecified atom stereocenters. The van der Waals surface area contributed by atoms with Crippen molar-refractivity contribution in [2.75, 3.05) is 20.1 Å². The van der Waals surface area contributed by atoms with E-state index in [1.54, 1.807) is 12.1 Å². The largest absolute Gasteiger partial charge is 0.345 e. The van der Waals surface area contributed by atoms with Crippen LogP contribution in [0.4, 0.5) is 4.39 Å². The van der Waals surface area contributed by atoms with Crippen LogP contribution >= 0.6 is 0 Å². The average Bonchev–Trinajstić information content (AvgIpc) is 2.58. The molecule has 0 aliphatic carbocycles. The van der Waals surface area contributed by atoms with Crippen molar-refractivity contribution in [3.8, 4) is 0 Å². The van der Waals surface area contributed by atoms with Crippen molar-refractivity contribution in [1.82, 2.24) is 15.5 Å². The van der Waals surface area contributed by atoms with Gasteiger partial charge in [0.2, 0.25) is 11.8 Å². The SMILES string of the molecule is CN1CC(C2CCC(NC(=O)Cc3cccc(F)c3)NC2)CCC1=O. The number of likely N-dealkylation sites (tertiary alicyclic amines) is 1. The molecule has 0 saturated carbocycles. The minimum absolute atomic E-state index is 0.0275. The van der Waals surface area contributed by atoms with E-state index >= 15 is 0 Å². The van der Waals surface area contributed by atoms with E-state index in [-0.39, 0.29) is 30.2 Å². The second kappa shape index (κ2) is 7.95. The Morgan fingerprint density at radius 1 is 1.32 bits per heavy atom. The minimum Gasteiger partial charge on any atom is -0.345 e. The molecule has 136 valence electrons. The zero-order chi connectivity index (χ0) is 17.8. The highest BCUT2D eigenvalue weighted by molar-refractivity contribution is 5.78. The van der Waals surface area contributed by atoms with Crippen LogP contribution in [0.1, 0.15) is 31.2 Å². The number of nitrogens with one attached hydrogen (secondary N) is 2. The van der Waals surface area contributed by atoms with Crippen LogP contribution in [-0.2, 0) is 16.0 Å². The lowest BCUT2D eigenvalue weighted by molar-refractivity contribution is -0.134. The van der Waals surface area contributed by atoms with E-state index in [9.17, 15) is 14.0 Å². The fourth-order valence-corrected chi connectivity index (χ4v) is 3.91. The van der Waals surface area contributed by atoms with Gasteiger partial charge < -0.3 is 10.2 Å². The van der Waals surface area contributed by atoms with Crippen LogP contribution in [0.25, 0.3) is 0 Å². The highest BCUT2D eigenvalue weighted by atomic mass is 19.1. The summed E-state index contributed by atoms with van der Waals surface area (Å²) in [4.78, 5) is 25.6. The van der Waals surface area contributed by atoms with E-state index in [0.29, 0.717) is 23.8 Å². The van der Waals surface area contributed by atoms with Gasteiger partial charge in [0.15, 0.2) is 0 Å². The van der Waals surface area contributed by atoms with Gasteiger partial charge in [-0.2, -0.15) is 0 Å². The second-order valence-electron chi connectivity index (χ2n) is 7.25. The molecule has 1 aromatic carbocycles. The Labute approximate surface area is 148 Å². The quantitative estimate of drug-likeness (QED) is 0.871. The summed E-state index contributed by atoms with van der Waals surface area (Å²) in [5.74, 6) is 0.915. The van der Waals surface area contributed by atoms with Crippen LogP contribution in [0.5, 0.6) is 0 Å². The van der Waals surface area contributed by atoms with Gasteiger partial charge in [-0.05, 0) is 48.8 Å². The molecule has 2 amide bonds. The van der Waals surface area contributed by atoms with E-state index in [4.69, 9.17) is 0 Å². The first kappa shape index (κ1) is 17.9. The predicted molar refractivity (Wildman–Crippen MR) is 93.1 cm³/mol. The third-order valence-electron chi connectivity index (χ3n) is 5.37. The summed E-state index contributed by atoms with van der Waals surface area (Å²) < 4.78 is 13.2. The summed E-state index contributed by atoms with van der Waals surface area (Å²) in [7, 11) is 1.88. The van der Waals surface area contributed by atoms with Gasteiger partial charge in [0.25, 0.3) is 0 Å². The van der Waals surface area contributed by atoms with Gasteiger partial charge in [-0.25, -0.2) is 4.39 Å². The van der Waals surface area contributed by atoms with Gasteiger partial charge in [-0.3, -0.25) is 14.9 Å². The maximum absolute atomic E-state index is 13.2. The van der Waals surface area contributed by atoms with Crippen LogP contribution in [0.15, 0.2) is 24.3 Å². The molecule has 6 heteroatoms. The van der Waals surface area contributed by atoms with Crippen molar-refractivity contribution in [3.05, 3.63) is 35.6 Å². The van der Waals surface area contributed by atoms with E-state index in [1.807, 2.05) is 11.9 Å². The Bertz CT molecular complexity index is 629. The Hall–Kier alpha value is -1.95. The number of carbonyl (C=O) groups excluding carboxylic acids is 2. The van der Waals surface area contributed by atoms with Crippen LogP contribution in [0.3, 0.4) is 0 Å². The van der Waals surface area contributed by atoms with Gasteiger partial charge in [0.1, 0.15) is 5.82 Å². The molecule has 5 nitrogen and oxygen atoms in total. The number of halogens is 1. The number of hydrogen-bond acceptors (Lipinski definition) is 3. The molecule has 2 fully saturated rings. The maximum Gasteiger partial charge on any atom is 0.225 e. The summed E-state index contributed by atoms with van der Waals surface area (Å²) in [6, 6.07) is 6.15. The number of piperidine rings is 2. The monoisotopic (exact) mass is 347 g/mol. The molecule has 25 heavy (non-hydrogen) atoms. The van der Waals surface area contributed by atoms with Crippen LogP contribution in [-0.4, -0.2) is 43.0 Å². The topological polar surface area (TPSA) is 61.4 Å². The molecule has 3 rings (SSSR count). The van der Waals surface area contributed by atoms with E-state index in [0.717, 1.165) is 32.4 Å². The summed E-state index contributed by atoms with van der Waals surface area (Å²) in [5.41, 5.74) is 0.682. The van der Waals surface area contributed by atoms with Crippen molar-refractivity contribution in [2.24, 2.45) is 11.8 Å². The van der Waals surface area contributed by atoms with E-state index < -0.39 is 0 Å². The van der Waals surface area contributed by atoms with Gasteiger partial charge in [0, 0.05) is 26.6 Å². The molecule has 0 bridgehead atoms. The van der Waals surface area contributed by atoms with Gasteiger partial charge >= 0.3 is 0 Å². The molecule has 2 aliphatic heterocycles. The fraction of sp³-hybridized carbons (Fsp3) is 0.579. The highest BCUT2D eigenvalue weighted by Gasteiger charge is 2.32. The molecule has 0 spiro atoms. The van der Waals surface area contributed by atoms with E-state index in [1.165, 1.54) is 12.1 Å². The first-order chi connectivity index (χ1) is 12.0. The number of rotatable bonds is 4. The second-order valence-corrected chi connectivity index (χ2v) is 7.25.